The van der Waals surface area contributed by atoms with Crippen LogP contribution in [0.4, 0.5) is 0 Å². The van der Waals surface area contributed by atoms with Gasteiger partial charge in [0.25, 0.3) is 0 Å². The monoisotopic (exact) mass is 526 g/mol. The standard InChI is InChI=1S/C9H13.C8H11Si.2C4H9.3ClH.Ti/c1-6-5-7(2)9(4)8(6)3;1-6-3-7(2)5-8(9)4-6;2*1-4(2)3;;;;/h6H,1-4H3;3-5H,9H2,1-2H3;2*1-3H3;3*1H;/q-1;;2*-1;;;;+3. The summed E-state index contributed by atoms with van der Waals surface area (Å²) in [7, 11) is 1.93. The second-order valence-corrected chi connectivity index (χ2v) is 9.11. The Morgan fingerprint density at radius 2 is 1.03 bits per heavy atom. The molecule has 2 radical (unpaired) electrons. The Bertz CT molecular complexity index is 532. The SMILES string of the molecule is CC1=[C-]C(C)C(C)=C1C.C[C-](C)C.C[C-](C)C.Cc1cc(C)cc([SiH2])c1.Cl.Cl.Cl.[Ti+3]. The van der Waals surface area contributed by atoms with Crippen molar-refractivity contribution in [3.63, 3.8) is 0 Å². The van der Waals surface area contributed by atoms with Crippen LogP contribution in [0.2, 0.25) is 0 Å². The van der Waals surface area contributed by atoms with Crippen molar-refractivity contribution >= 4 is 52.7 Å². The molecule has 2 rings (SSSR count). The zero-order chi connectivity index (χ0) is 21.0. The number of hydrogen-bond acceptors (Lipinski definition) is 0. The van der Waals surface area contributed by atoms with Crippen LogP contribution >= 0.6 is 37.2 Å². The van der Waals surface area contributed by atoms with Gasteiger partial charge in [0, 0.05) is 10.2 Å². The van der Waals surface area contributed by atoms with Crippen LogP contribution in [0.25, 0.3) is 0 Å². The van der Waals surface area contributed by atoms with E-state index < -0.39 is 0 Å². The van der Waals surface area contributed by atoms with Gasteiger partial charge in [-0.1, -0.05) is 61.2 Å². The predicted octanol–water partition coefficient (Wildman–Crippen LogP) is 7.79. The van der Waals surface area contributed by atoms with Crippen molar-refractivity contribution in [2.45, 2.75) is 83.1 Å². The number of aryl methyl sites for hydroxylation is 2. The Kier molecular flexibility index (Phi) is 35.6. The van der Waals surface area contributed by atoms with E-state index in [-0.39, 0.29) is 58.9 Å². The van der Waals surface area contributed by atoms with Crippen LogP contribution in [-0.4, -0.2) is 10.2 Å². The number of benzene rings is 1. The number of halogens is 3. The zero-order valence-electron chi connectivity index (χ0n) is 21.2. The molecule has 0 aromatic heterocycles. The molecule has 5 heteroatoms. The van der Waals surface area contributed by atoms with E-state index in [0.29, 0.717) is 5.92 Å². The van der Waals surface area contributed by atoms with Crippen LogP contribution in [0.15, 0.2) is 34.9 Å². The molecule has 1 aliphatic rings. The molecule has 1 aliphatic carbocycles. The Morgan fingerprint density at radius 1 is 0.733 bits per heavy atom. The van der Waals surface area contributed by atoms with E-state index in [0.717, 1.165) is 0 Å². The van der Waals surface area contributed by atoms with Gasteiger partial charge >= 0.3 is 21.7 Å². The molecule has 0 saturated carbocycles. The second kappa shape index (κ2) is 24.1. The van der Waals surface area contributed by atoms with Gasteiger partial charge in [-0.3, -0.25) is 6.08 Å². The van der Waals surface area contributed by atoms with Gasteiger partial charge in [0.15, 0.2) is 0 Å². The van der Waals surface area contributed by atoms with Crippen LogP contribution in [0.5, 0.6) is 0 Å². The summed E-state index contributed by atoms with van der Waals surface area (Å²) in [6, 6.07) is 6.59. The van der Waals surface area contributed by atoms with Gasteiger partial charge in [0.1, 0.15) is 0 Å². The first-order valence-corrected chi connectivity index (χ1v) is 10.2. The van der Waals surface area contributed by atoms with Crippen molar-refractivity contribution in [2.75, 3.05) is 0 Å². The molecule has 0 spiro atoms. The summed E-state index contributed by atoms with van der Waals surface area (Å²) in [5.74, 6) is 3.39. The topological polar surface area (TPSA) is 0 Å². The summed E-state index contributed by atoms with van der Waals surface area (Å²) in [5, 5.41) is 1.38. The van der Waals surface area contributed by atoms with Crippen LogP contribution in [0.3, 0.4) is 0 Å². The molecule has 0 aliphatic heterocycles. The minimum atomic E-state index is 0. The Hall–Kier alpha value is 0.501. The van der Waals surface area contributed by atoms with Crippen LogP contribution in [0, 0.1) is 37.7 Å². The molecule has 1 aromatic carbocycles. The fourth-order valence-corrected chi connectivity index (χ4v) is 2.87. The van der Waals surface area contributed by atoms with Gasteiger partial charge in [-0.2, -0.15) is 52.7 Å². The smallest absolute Gasteiger partial charge is 0.323 e. The van der Waals surface area contributed by atoms with Gasteiger partial charge < -0.3 is 11.8 Å². The molecule has 0 fully saturated rings. The Morgan fingerprint density at radius 3 is 1.17 bits per heavy atom. The van der Waals surface area contributed by atoms with Crippen LogP contribution in [0.1, 0.15) is 80.4 Å². The van der Waals surface area contributed by atoms with Crippen molar-refractivity contribution < 1.29 is 21.7 Å². The van der Waals surface area contributed by atoms with Crippen molar-refractivity contribution in [2.24, 2.45) is 5.92 Å². The molecule has 0 bridgehead atoms. The van der Waals surface area contributed by atoms with E-state index >= 15 is 0 Å². The summed E-state index contributed by atoms with van der Waals surface area (Å²) in [5.41, 5.74) is 6.97. The molecule has 0 amide bonds. The third-order valence-electron chi connectivity index (χ3n) is 3.52. The quantitative estimate of drug-likeness (QED) is 0.239. The molecule has 1 atom stereocenters. The van der Waals surface area contributed by atoms with E-state index in [1.807, 2.05) is 10.2 Å². The number of rotatable bonds is 0. The largest absolute Gasteiger partial charge is 3.00 e. The van der Waals surface area contributed by atoms with Gasteiger partial charge in [0.2, 0.25) is 0 Å². The summed E-state index contributed by atoms with van der Waals surface area (Å²) in [6.07, 6.45) is 3.36. The second-order valence-electron chi connectivity index (χ2n) is 8.29. The summed E-state index contributed by atoms with van der Waals surface area (Å²) in [4.78, 5) is 0. The molecule has 30 heavy (non-hydrogen) atoms. The molecule has 174 valence electrons. The average Bonchev–Trinajstić information content (AvgIpc) is 2.63. The first-order chi connectivity index (χ1) is 11.8. The fourth-order valence-electron chi connectivity index (χ4n) is 2.23. The minimum absolute atomic E-state index is 0. The third kappa shape index (κ3) is 26.5. The van der Waals surface area contributed by atoms with E-state index in [1.54, 1.807) is 0 Å². The molecule has 0 N–H and O–H groups in total. The predicted molar refractivity (Wildman–Crippen MR) is 146 cm³/mol. The minimum Gasteiger partial charge on any atom is -0.323 e. The summed E-state index contributed by atoms with van der Waals surface area (Å²) in [6.45, 7) is 25.4. The molecule has 0 saturated heterocycles. The van der Waals surface area contributed by atoms with Crippen molar-refractivity contribution in [3.8, 4) is 0 Å². The van der Waals surface area contributed by atoms with E-state index in [2.05, 4.69) is 107 Å². The van der Waals surface area contributed by atoms with Crippen molar-refractivity contribution in [1.82, 2.24) is 0 Å². The first-order valence-electron chi connectivity index (χ1n) is 9.49. The summed E-state index contributed by atoms with van der Waals surface area (Å²) < 4.78 is 0. The molecular weight excluding hydrogens is 483 g/mol. The van der Waals surface area contributed by atoms with Crippen molar-refractivity contribution in [3.05, 3.63) is 64.0 Å². The van der Waals surface area contributed by atoms with Gasteiger partial charge in [-0.25, -0.2) is 5.57 Å². The fraction of sp³-hybridized carbons (Fsp3) is 0.520. The van der Waals surface area contributed by atoms with E-state index in [1.165, 1.54) is 44.9 Å². The maximum Gasteiger partial charge on any atom is 3.00 e. The van der Waals surface area contributed by atoms with Gasteiger partial charge in [0.05, 0.1) is 0 Å². The summed E-state index contributed by atoms with van der Waals surface area (Å²) >= 11 is 0. The zero-order valence-corrected chi connectivity index (χ0v) is 26.7. The number of hydrogen-bond donors (Lipinski definition) is 0. The van der Waals surface area contributed by atoms with E-state index in [9.17, 15) is 0 Å². The first kappa shape index (κ1) is 44.2. The third-order valence-corrected chi connectivity index (χ3v) is 3.93. The van der Waals surface area contributed by atoms with Crippen molar-refractivity contribution in [1.29, 1.82) is 0 Å². The van der Waals surface area contributed by atoms with Gasteiger partial charge in [-0.05, 0) is 13.8 Å². The molecule has 0 heterocycles. The molecular formula is C25H45Cl3SiTi. The van der Waals surface area contributed by atoms with Crippen LogP contribution < -0.4 is 5.19 Å². The Balaban J connectivity index is -0.0000000653. The van der Waals surface area contributed by atoms with Crippen LogP contribution in [-0.2, 0) is 21.7 Å². The maximum absolute atomic E-state index is 3.36. The molecule has 1 unspecified atom stereocenters. The molecule has 0 nitrogen and oxygen atoms in total. The van der Waals surface area contributed by atoms with E-state index in [4.69, 9.17) is 0 Å². The average molecular weight is 528 g/mol. The number of allylic oxidation sites excluding steroid dienone is 4. The molecule has 1 aromatic rings. The Labute approximate surface area is 226 Å². The normalized spacial score (nSPS) is 13.4. The van der Waals surface area contributed by atoms with Gasteiger partial charge in [-0.15, -0.1) is 44.1 Å². The maximum atomic E-state index is 3.36.